The van der Waals surface area contributed by atoms with Gasteiger partial charge in [0.15, 0.2) is 0 Å². The molecule has 1 nitrogen and oxygen atoms in total. The summed E-state index contributed by atoms with van der Waals surface area (Å²) >= 11 is 0. The molecule has 1 aromatic heterocycles. The minimum atomic E-state index is 0. The Kier molecular flexibility index (Phi) is 17.3. The SMILES string of the molecule is C.CC.CC.[2HH].b1ccncc1C/C=C\C1CCCCC1. The van der Waals surface area contributed by atoms with Gasteiger partial charge < -0.3 is 0 Å². The Balaban J connectivity index is -0.000000499. The molecule has 0 N–H and O–H groups in total. The number of nitrogens with zero attached hydrogens (tertiary/aromatic N) is 1. The first kappa shape index (κ1) is 21.4. The van der Waals surface area contributed by atoms with Crippen LogP contribution in [0.1, 0.15) is 74.1 Å². The molecule has 1 aromatic rings. The normalized spacial score (nSPS) is 14.2. The minimum absolute atomic E-state index is 0. The number of aromatic nitrogens is 1. The molecule has 0 aromatic carbocycles. The van der Waals surface area contributed by atoms with Crippen LogP contribution in [0.3, 0.4) is 0 Å². The van der Waals surface area contributed by atoms with Gasteiger partial charge in [-0.2, -0.15) is 0 Å². The summed E-state index contributed by atoms with van der Waals surface area (Å²) in [7, 11) is 0. The molecule has 0 radical (unpaired) electrons. The molecule has 0 unspecified atom stereocenters. The standard InChI is InChI=1S/C13H18BN.2C2H6.CH4.H2/c1-2-5-12(6-3-1)7-4-8-13-11-15-10-9-14-13;2*1-2;;/h4,7,9-12H,1-3,5-6,8H2;2*1-2H3;1H4;1H/b7-4-;;;;/i;;;;1+1. The van der Waals surface area contributed by atoms with Crippen LogP contribution in [0.2, 0.25) is 0 Å². The molecule has 1 heterocycles. The second kappa shape index (κ2) is 16.1. The van der Waals surface area contributed by atoms with E-state index in [1.54, 1.807) is 0 Å². The third-order valence-corrected chi connectivity index (χ3v) is 3.13. The van der Waals surface area contributed by atoms with Crippen LogP contribution in [0.15, 0.2) is 30.5 Å². The van der Waals surface area contributed by atoms with Crippen molar-refractivity contribution in [3.05, 3.63) is 36.0 Å². The molecule has 1 fully saturated rings. The van der Waals surface area contributed by atoms with Crippen molar-refractivity contribution in [3.63, 3.8) is 0 Å². The van der Waals surface area contributed by atoms with Crippen molar-refractivity contribution in [2.75, 3.05) is 0 Å². The fourth-order valence-corrected chi connectivity index (χ4v) is 2.24. The Morgan fingerprint density at radius 3 is 2.40 bits per heavy atom. The van der Waals surface area contributed by atoms with Gasteiger partial charge >= 0.3 is 92.3 Å². The Bertz CT molecular complexity index is 308. The van der Waals surface area contributed by atoms with Gasteiger partial charge in [-0.05, 0) is 0 Å². The molecule has 0 bridgehead atoms. The topological polar surface area (TPSA) is 12.9 Å². The summed E-state index contributed by atoms with van der Waals surface area (Å²) in [5.74, 6) is 2.85. The van der Waals surface area contributed by atoms with Gasteiger partial charge in [0.1, 0.15) is 0 Å². The number of hydrogen-bond acceptors (Lipinski definition) is 1. The number of hydrogen-bond donors (Lipinski definition) is 0. The van der Waals surface area contributed by atoms with Crippen molar-refractivity contribution in [2.45, 2.75) is 73.6 Å². The van der Waals surface area contributed by atoms with Gasteiger partial charge in [-0.1, -0.05) is 35.1 Å². The summed E-state index contributed by atoms with van der Waals surface area (Å²) in [6, 6.07) is 0. The molecular weight excluding hydrogens is 241 g/mol. The van der Waals surface area contributed by atoms with Crippen LogP contribution < -0.4 is 0 Å². The molecule has 0 atom stereocenters. The maximum absolute atomic E-state index is 4.12. The van der Waals surface area contributed by atoms with E-state index in [1.807, 2.05) is 46.1 Å². The predicted molar refractivity (Wildman–Crippen MR) is 96.5 cm³/mol. The summed E-state index contributed by atoms with van der Waals surface area (Å²) in [5, 5.41) is 0. The van der Waals surface area contributed by atoms with Crippen molar-refractivity contribution >= 4 is 6.91 Å². The van der Waals surface area contributed by atoms with Gasteiger partial charge in [0.05, 0.1) is 0 Å². The van der Waals surface area contributed by atoms with Crippen molar-refractivity contribution in [2.24, 2.45) is 5.92 Å². The van der Waals surface area contributed by atoms with Crippen LogP contribution in [0.4, 0.5) is 0 Å². The zero-order valence-corrected chi connectivity index (χ0v) is 13.2. The molecule has 1 aliphatic rings. The van der Waals surface area contributed by atoms with E-state index in [0.717, 1.165) is 12.3 Å². The van der Waals surface area contributed by atoms with Crippen LogP contribution in [-0.2, 0) is 6.42 Å². The molecule has 2 rings (SSSR count). The van der Waals surface area contributed by atoms with Gasteiger partial charge in [0.25, 0.3) is 0 Å². The Morgan fingerprint density at radius 1 is 1.20 bits per heavy atom. The first-order valence-electron chi connectivity index (χ1n) is 8.01. The van der Waals surface area contributed by atoms with E-state index >= 15 is 0 Å². The molecule has 116 valence electrons. The molecule has 2 heteroatoms. The Hall–Kier alpha value is -0.915. The van der Waals surface area contributed by atoms with E-state index in [2.05, 4.69) is 24.0 Å². The third-order valence-electron chi connectivity index (χ3n) is 3.13. The molecule has 0 aliphatic heterocycles. The summed E-state index contributed by atoms with van der Waals surface area (Å²) in [4.78, 5) is 4.12. The van der Waals surface area contributed by atoms with Gasteiger partial charge in [-0.15, -0.1) is 0 Å². The first-order valence-corrected chi connectivity index (χ1v) is 8.01. The van der Waals surface area contributed by atoms with Crippen LogP contribution in [-0.4, -0.2) is 11.9 Å². The summed E-state index contributed by atoms with van der Waals surface area (Å²) in [6.07, 6.45) is 16.6. The predicted octanol–water partition coefficient (Wildman–Crippen LogP) is 6.03. The first-order chi connectivity index (χ1) is 9.45. The van der Waals surface area contributed by atoms with E-state index in [9.17, 15) is 0 Å². The average Bonchev–Trinajstić information content (AvgIpc) is 2.53. The molecule has 0 amide bonds. The van der Waals surface area contributed by atoms with Gasteiger partial charge in [-0.3, -0.25) is 0 Å². The Labute approximate surface area is 129 Å². The fraction of sp³-hybridized carbons (Fsp3) is 0.667. The molecule has 1 aliphatic carbocycles. The summed E-state index contributed by atoms with van der Waals surface area (Å²) in [5.41, 5.74) is 1.31. The van der Waals surface area contributed by atoms with Crippen LogP contribution in [0.5, 0.6) is 0 Å². The second-order valence-electron chi connectivity index (χ2n) is 4.39. The van der Waals surface area contributed by atoms with Crippen molar-refractivity contribution in [1.82, 2.24) is 4.98 Å². The zero-order valence-electron chi connectivity index (χ0n) is 13.2. The van der Waals surface area contributed by atoms with Gasteiger partial charge in [-0.25, -0.2) is 0 Å². The van der Waals surface area contributed by atoms with E-state index in [-0.39, 0.29) is 8.85 Å². The Morgan fingerprint density at radius 2 is 1.85 bits per heavy atom. The average molecular weight is 278 g/mol. The summed E-state index contributed by atoms with van der Waals surface area (Å²) in [6.45, 7) is 10.1. The fourth-order valence-electron chi connectivity index (χ4n) is 2.24. The van der Waals surface area contributed by atoms with Crippen LogP contribution >= 0.6 is 0 Å². The van der Waals surface area contributed by atoms with E-state index in [4.69, 9.17) is 0 Å². The second-order valence-corrected chi connectivity index (χ2v) is 4.39. The molecule has 0 saturated heterocycles. The molecule has 0 spiro atoms. The van der Waals surface area contributed by atoms with Crippen molar-refractivity contribution in [3.8, 4) is 0 Å². The van der Waals surface area contributed by atoms with Crippen molar-refractivity contribution < 1.29 is 1.43 Å². The van der Waals surface area contributed by atoms with Crippen molar-refractivity contribution in [1.29, 1.82) is 0 Å². The molecule has 1 saturated carbocycles. The van der Waals surface area contributed by atoms with E-state index < -0.39 is 0 Å². The van der Waals surface area contributed by atoms with Gasteiger partial charge in [0.2, 0.25) is 0 Å². The van der Waals surface area contributed by atoms with Gasteiger partial charge in [0, 0.05) is 1.43 Å². The maximum atomic E-state index is 4.12. The van der Waals surface area contributed by atoms with E-state index in [1.165, 1.54) is 37.6 Å². The van der Waals surface area contributed by atoms with E-state index in [0.29, 0.717) is 0 Å². The third kappa shape index (κ3) is 9.94. The monoisotopic (exact) mass is 278 g/mol. The number of rotatable bonds is 3. The molecule has 20 heavy (non-hydrogen) atoms. The quantitative estimate of drug-likeness (QED) is 0.615. The zero-order chi connectivity index (χ0) is 14.3. The molecular formula is C18H36BN. The van der Waals surface area contributed by atoms with Crippen LogP contribution in [0, 0.1) is 5.92 Å². The number of allylic oxidation sites excluding steroid dienone is 2. The van der Waals surface area contributed by atoms with Crippen LogP contribution in [0.25, 0.3) is 0 Å². The summed E-state index contributed by atoms with van der Waals surface area (Å²) < 4.78 is 0.